The number of nitrogens with one attached hydrogen (secondary N) is 1. The van der Waals surface area contributed by atoms with Crippen LogP contribution in [0.4, 0.5) is 0 Å². The van der Waals surface area contributed by atoms with E-state index >= 15 is 0 Å². The van der Waals surface area contributed by atoms with Crippen molar-refractivity contribution in [2.24, 2.45) is 0 Å². The molecule has 7 nitrogen and oxygen atoms in total. The molecule has 1 aliphatic rings. The fourth-order valence-corrected chi connectivity index (χ4v) is 5.18. The molecule has 1 N–H and O–H groups in total. The minimum Gasteiger partial charge on any atom is -0.316 e. The van der Waals surface area contributed by atoms with Gasteiger partial charge in [0.05, 0.1) is 11.4 Å². The van der Waals surface area contributed by atoms with Gasteiger partial charge >= 0.3 is 7.52 Å². The van der Waals surface area contributed by atoms with Crippen LogP contribution in [0.3, 0.4) is 0 Å². The number of sulfonamides is 1. The summed E-state index contributed by atoms with van der Waals surface area (Å²) in [5.74, 6) is -0.642. The summed E-state index contributed by atoms with van der Waals surface area (Å²) in [7, 11) is -6.19. The van der Waals surface area contributed by atoms with Crippen LogP contribution in [0.25, 0.3) is 0 Å². The van der Waals surface area contributed by atoms with Crippen molar-refractivity contribution in [3.8, 4) is 0 Å². The van der Waals surface area contributed by atoms with E-state index in [1.807, 2.05) is 6.92 Å². The molecule has 0 aromatic heterocycles. The molecule has 0 bridgehead atoms. The van der Waals surface area contributed by atoms with Gasteiger partial charge in [0.1, 0.15) is 6.29 Å². The molecule has 110 valence electrons. The van der Waals surface area contributed by atoms with Gasteiger partial charge in [-0.3, -0.25) is 14.4 Å². The highest BCUT2D eigenvalue weighted by Gasteiger charge is 2.40. The molecule has 1 aromatic carbocycles. The lowest BCUT2D eigenvalue weighted by molar-refractivity contribution is -0.120. The third-order valence-electron chi connectivity index (χ3n) is 2.91. The SMILES string of the molecule is COP1(=O)CN(S(=O)(=O)c2ccc(C)cc2)CC(=O)N1. The zero-order chi connectivity index (χ0) is 15.0. The summed E-state index contributed by atoms with van der Waals surface area (Å²) >= 11 is 0. The lowest BCUT2D eigenvalue weighted by Gasteiger charge is -2.30. The number of carbonyl (C=O) groups is 1. The second-order valence-corrected chi connectivity index (χ2v) is 8.62. The van der Waals surface area contributed by atoms with Crippen LogP contribution in [-0.2, 0) is 23.9 Å². The topological polar surface area (TPSA) is 92.8 Å². The molecular formula is C11H15N2O5PS. The predicted octanol–water partition coefficient (Wildman–Crippen LogP) is 0.913. The maximum absolute atomic E-state index is 12.4. The molecule has 1 amide bonds. The summed E-state index contributed by atoms with van der Waals surface area (Å²) < 4.78 is 42.6. The Labute approximate surface area is 117 Å². The lowest BCUT2D eigenvalue weighted by Crippen LogP contribution is -2.46. The van der Waals surface area contributed by atoms with Crippen molar-refractivity contribution in [1.29, 1.82) is 0 Å². The van der Waals surface area contributed by atoms with E-state index in [-0.39, 0.29) is 17.7 Å². The quantitative estimate of drug-likeness (QED) is 0.836. The summed E-state index contributed by atoms with van der Waals surface area (Å²) in [4.78, 5) is 11.6. The highest BCUT2D eigenvalue weighted by molar-refractivity contribution is 7.89. The molecule has 0 aliphatic carbocycles. The van der Waals surface area contributed by atoms with Gasteiger partial charge in [-0.2, -0.15) is 4.31 Å². The Hall–Kier alpha value is -1.21. The molecule has 9 heteroatoms. The van der Waals surface area contributed by atoms with E-state index < -0.39 is 23.5 Å². The van der Waals surface area contributed by atoms with Crippen molar-refractivity contribution in [2.45, 2.75) is 11.8 Å². The van der Waals surface area contributed by atoms with Crippen molar-refractivity contribution in [1.82, 2.24) is 9.39 Å². The van der Waals surface area contributed by atoms with Gasteiger partial charge in [-0.05, 0) is 19.1 Å². The monoisotopic (exact) mass is 318 g/mol. The van der Waals surface area contributed by atoms with Crippen LogP contribution in [0.15, 0.2) is 29.2 Å². The van der Waals surface area contributed by atoms with E-state index in [4.69, 9.17) is 4.52 Å². The second kappa shape index (κ2) is 5.29. The number of hydrogen-bond donors (Lipinski definition) is 1. The van der Waals surface area contributed by atoms with Crippen LogP contribution >= 0.6 is 7.52 Å². The number of amides is 1. The van der Waals surface area contributed by atoms with E-state index in [0.717, 1.165) is 9.87 Å². The van der Waals surface area contributed by atoms with Crippen LogP contribution in [0.1, 0.15) is 5.56 Å². The Morgan fingerprint density at radius 1 is 1.30 bits per heavy atom. The van der Waals surface area contributed by atoms with E-state index in [2.05, 4.69) is 5.09 Å². The fraction of sp³-hybridized carbons (Fsp3) is 0.364. The Morgan fingerprint density at radius 3 is 2.45 bits per heavy atom. The van der Waals surface area contributed by atoms with Crippen molar-refractivity contribution < 1.29 is 22.3 Å². The number of nitrogens with zero attached hydrogens (tertiary/aromatic N) is 1. The molecule has 20 heavy (non-hydrogen) atoms. The number of aryl methyl sites for hydroxylation is 1. The van der Waals surface area contributed by atoms with Gasteiger partial charge in [0.25, 0.3) is 0 Å². The van der Waals surface area contributed by atoms with Gasteiger partial charge in [0, 0.05) is 7.11 Å². The van der Waals surface area contributed by atoms with E-state index in [1.54, 1.807) is 12.1 Å². The molecule has 1 unspecified atom stereocenters. The smallest absolute Gasteiger partial charge is 0.310 e. The summed E-state index contributed by atoms with van der Waals surface area (Å²) in [5, 5.41) is 2.19. The Balaban J connectivity index is 2.36. The maximum atomic E-state index is 12.4. The number of rotatable bonds is 3. The number of carbonyl (C=O) groups excluding carboxylic acids is 1. The standard InChI is InChI=1S/C11H15N2O5PS/c1-9-3-5-10(6-4-9)20(16,17)13-7-11(14)12-19(15,8-13)18-2/h3-6H,7-8H2,1-2H3,(H,12,14,15). The minimum absolute atomic E-state index is 0.0560. The molecule has 0 spiro atoms. The second-order valence-electron chi connectivity index (χ2n) is 4.46. The minimum atomic E-state index is -3.87. The summed E-state index contributed by atoms with van der Waals surface area (Å²) in [6.45, 7) is 1.47. The molecule has 1 heterocycles. The normalized spacial score (nSPS) is 24.4. The summed E-state index contributed by atoms with van der Waals surface area (Å²) in [5.41, 5.74) is 0.919. The predicted molar refractivity (Wildman–Crippen MR) is 72.7 cm³/mol. The molecule has 0 radical (unpaired) electrons. The van der Waals surface area contributed by atoms with Crippen molar-refractivity contribution in [2.75, 3.05) is 19.9 Å². The molecular weight excluding hydrogens is 303 g/mol. The zero-order valence-electron chi connectivity index (χ0n) is 11.1. The van der Waals surface area contributed by atoms with Gasteiger partial charge in [0.2, 0.25) is 15.9 Å². The van der Waals surface area contributed by atoms with Crippen LogP contribution in [0.2, 0.25) is 0 Å². The Bertz CT molecular complexity index is 671. The van der Waals surface area contributed by atoms with Gasteiger partial charge in [0.15, 0.2) is 0 Å². The Kier molecular flexibility index (Phi) is 4.02. The van der Waals surface area contributed by atoms with Crippen molar-refractivity contribution >= 4 is 23.5 Å². The first-order valence-electron chi connectivity index (χ1n) is 5.79. The first-order valence-corrected chi connectivity index (χ1v) is 9.04. The fourth-order valence-electron chi connectivity index (χ4n) is 1.80. The highest BCUT2D eigenvalue weighted by Crippen LogP contribution is 2.45. The zero-order valence-corrected chi connectivity index (χ0v) is 12.8. The largest absolute Gasteiger partial charge is 0.316 e. The molecule has 1 aromatic rings. The summed E-state index contributed by atoms with van der Waals surface area (Å²) in [6, 6.07) is 6.23. The molecule has 1 fully saturated rings. The van der Waals surface area contributed by atoms with Gasteiger partial charge in [-0.1, -0.05) is 17.7 Å². The van der Waals surface area contributed by atoms with Gasteiger partial charge in [-0.25, -0.2) is 8.42 Å². The average Bonchev–Trinajstić information content (AvgIpc) is 2.38. The van der Waals surface area contributed by atoms with Gasteiger partial charge < -0.3 is 4.52 Å². The molecule has 1 saturated heterocycles. The van der Waals surface area contributed by atoms with Crippen LogP contribution in [-0.4, -0.2) is 38.6 Å². The van der Waals surface area contributed by atoms with Crippen molar-refractivity contribution in [3.63, 3.8) is 0 Å². The average molecular weight is 318 g/mol. The summed E-state index contributed by atoms with van der Waals surface area (Å²) in [6.07, 6.45) is -0.370. The maximum Gasteiger partial charge on any atom is 0.310 e. The van der Waals surface area contributed by atoms with Crippen LogP contribution in [0, 0.1) is 6.92 Å². The third kappa shape index (κ3) is 2.93. The highest BCUT2D eigenvalue weighted by atomic mass is 32.2. The van der Waals surface area contributed by atoms with Crippen LogP contribution in [0.5, 0.6) is 0 Å². The van der Waals surface area contributed by atoms with E-state index in [9.17, 15) is 17.8 Å². The molecule has 0 saturated carbocycles. The first-order chi connectivity index (χ1) is 9.27. The van der Waals surface area contributed by atoms with E-state index in [1.165, 1.54) is 19.2 Å². The number of benzene rings is 1. The first kappa shape index (κ1) is 15.2. The van der Waals surface area contributed by atoms with Crippen LogP contribution < -0.4 is 5.09 Å². The third-order valence-corrected chi connectivity index (χ3v) is 6.80. The lowest BCUT2D eigenvalue weighted by atomic mass is 10.2. The molecule has 1 aliphatic heterocycles. The molecule has 2 rings (SSSR count). The van der Waals surface area contributed by atoms with Gasteiger partial charge in [-0.15, -0.1) is 0 Å². The van der Waals surface area contributed by atoms with Crippen molar-refractivity contribution in [3.05, 3.63) is 29.8 Å². The Morgan fingerprint density at radius 2 is 1.90 bits per heavy atom. The number of hydrogen-bond acceptors (Lipinski definition) is 5. The molecule has 1 atom stereocenters. The van der Waals surface area contributed by atoms with E-state index in [0.29, 0.717) is 0 Å².